The minimum absolute atomic E-state index is 0.0529. The van der Waals surface area contributed by atoms with E-state index in [9.17, 15) is 30.4 Å². The zero-order valence-corrected chi connectivity index (χ0v) is 11.0. The van der Waals surface area contributed by atoms with Crippen LogP contribution in [0.15, 0.2) is 17.0 Å². The van der Waals surface area contributed by atoms with Crippen LogP contribution < -0.4 is 5.73 Å². The quantitative estimate of drug-likeness (QED) is 0.858. The van der Waals surface area contributed by atoms with Crippen LogP contribution in [0.5, 0.6) is 0 Å². The van der Waals surface area contributed by atoms with Crippen LogP contribution in [0, 0.1) is 11.6 Å². The Kier molecular flexibility index (Phi) is 4.72. The predicted octanol–water partition coefficient (Wildman–Crippen LogP) is 1.61. The normalized spacial score (nSPS) is 13.0. The first kappa shape index (κ1) is 16.8. The number of hydrogen-bond acceptors (Lipinski definition) is 3. The molecule has 0 spiro atoms. The van der Waals surface area contributed by atoms with Gasteiger partial charge in [0.25, 0.3) is 0 Å². The van der Waals surface area contributed by atoms with Crippen LogP contribution in [0.25, 0.3) is 0 Å². The van der Waals surface area contributed by atoms with Gasteiger partial charge >= 0.3 is 6.18 Å². The molecule has 0 bridgehead atoms. The largest absolute Gasteiger partial charge is 0.402 e. The van der Waals surface area contributed by atoms with Gasteiger partial charge in [-0.3, -0.25) is 0 Å². The van der Waals surface area contributed by atoms with Crippen LogP contribution in [0.1, 0.15) is 5.56 Å². The maximum atomic E-state index is 13.5. The van der Waals surface area contributed by atoms with Crippen molar-refractivity contribution in [1.82, 2.24) is 4.31 Å². The average Bonchev–Trinajstić information content (AvgIpc) is 2.29. The monoisotopic (exact) mass is 318 g/mol. The molecule has 10 heteroatoms. The number of nitrogens with two attached hydrogens (primary N) is 1. The number of alkyl halides is 3. The Labute approximate surface area is 112 Å². The minimum Gasteiger partial charge on any atom is -0.326 e. The number of halogens is 5. The Hall–Kier alpha value is -1.26. The molecule has 0 heterocycles. The third-order valence-corrected chi connectivity index (χ3v) is 4.18. The fourth-order valence-corrected chi connectivity index (χ4v) is 2.70. The standard InChI is InChI=1S/C10H11F5N2O2S/c1-17(5-10(13,14)15)20(18,19)8-3-6(4-16)2-7(11)9(8)12/h2-3H,4-5,16H2,1H3. The summed E-state index contributed by atoms with van der Waals surface area (Å²) in [6.45, 7) is -2.11. The Bertz CT molecular complexity index is 600. The van der Waals surface area contributed by atoms with Crippen molar-refractivity contribution in [2.24, 2.45) is 5.73 Å². The Balaban J connectivity index is 3.32. The molecule has 4 nitrogen and oxygen atoms in total. The first-order valence-electron chi connectivity index (χ1n) is 5.20. The number of rotatable bonds is 4. The van der Waals surface area contributed by atoms with Gasteiger partial charge in [0.05, 0.1) is 0 Å². The van der Waals surface area contributed by atoms with Crippen LogP contribution >= 0.6 is 0 Å². The van der Waals surface area contributed by atoms with Crippen LogP contribution in [-0.4, -0.2) is 32.5 Å². The van der Waals surface area contributed by atoms with Crippen molar-refractivity contribution in [1.29, 1.82) is 0 Å². The highest BCUT2D eigenvalue weighted by atomic mass is 32.2. The molecule has 2 N–H and O–H groups in total. The van der Waals surface area contributed by atoms with Crippen molar-refractivity contribution in [3.63, 3.8) is 0 Å². The Morgan fingerprint density at radius 2 is 1.80 bits per heavy atom. The molecule has 0 saturated carbocycles. The van der Waals surface area contributed by atoms with Gasteiger partial charge in [-0.05, 0) is 17.7 Å². The lowest BCUT2D eigenvalue weighted by Crippen LogP contribution is -2.36. The highest BCUT2D eigenvalue weighted by Gasteiger charge is 2.36. The number of sulfonamides is 1. The van der Waals surface area contributed by atoms with Crippen molar-refractivity contribution in [3.8, 4) is 0 Å². The summed E-state index contributed by atoms with van der Waals surface area (Å²) < 4.78 is 86.8. The number of nitrogens with zero attached hydrogens (tertiary/aromatic N) is 1. The summed E-state index contributed by atoms with van der Waals surface area (Å²) in [5, 5.41) is 0. The topological polar surface area (TPSA) is 63.4 Å². The number of hydrogen-bond donors (Lipinski definition) is 1. The predicted molar refractivity (Wildman–Crippen MR) is 60.1 cm³/mol. The molecule has 1 rings (SSSR count). The summed E-state index contributed by atoms with van der Waals surface area (Å²) in [5.74, 6) is -3.23. The molecule has 1 aromatic rings. The van der Waals surface area contributed by atoms with Gasteiger partial charge < -0.3 is 5.73 Å². The van der Waals surface area contributed by atoms with Gasteiger partial charge in [-0.15, -0.1) is 0 Å². The molecule has 0 amide bonds. The van der Waals surface area contributed by atoms with Gasteiger partial charge in [0.2, 0.25) is 10.0 Å². The minimum atomic E-state index is -4.82. The maximum Gasteiger partial charge on any atom is 0.402 e. The van der Waals surface area contributed by atoms with E-state index in [0.717, 1.165) is 0 Å². The summed E-state index contributed by atoms with van der Waals surface area (Å²) in [6, 6.07) is 1.39. The molecule has 1 aromatic carbocycles. The number of benzene rings is 1. The van der Waals surface area contributed by atoms with Crippen molar-refractivity contribution in [3.05, 3.63) is 29.3 Å². The van der Waals surface area contributed by atoms with Crippen LogP contribution in [0.2, 0.25) is 0 Å². The molecule has 0 aromatic heterocycles. The second-order valence-electron chi connectivity index (χ2n) is 3.97. The molecule has 0 aliphatic rings. The van der Waals surface area contributed by atoms with E-state index in [0.29, 0.717) is 19.2 Å². The third kappa shape index (κ3) is 3.64. The molecule has 0 fully saturated rings. The van der Waals surface area contributed by atoms with E-state index in [1.807, 2.05) is 0 Å². The average molecular weight is 318 g/mol. The van der Waals surface area contributed by atoms with Gasteiger partial charge in [-0.1, -0.05) is 0 Å². The second kappa shape index (κ2) is 5.62. The third-order valence-electron chi connectivity index (χ3n) is 2.38. The van der Waals surface area contributed by atoms with Gasteiger partial charge in [0, 0.05) is 13.6 Å². The zero-order chi connectivity index (χ0) is 15.7. The van der Waals surface area contributed by atoms with Crippen molar-refractivity contribution < 1.29 is 30.4 Å². The highest BCUT2D eigenvalue weighted by molar-refractivity contribution is 7.89. The summed E-state index contributed by atoms with van der Waals surface area (Å²) >= 11 is 0. The Morgan fingerprint density at radius 3 is 2.25 bits per heavy atom. The highest BCUT2D eigenvalue weighted by Crippen LogP contribution is 2.25. The van der Waals surface area contributed by atoms with Crippen molar-refractivity contribution >= 4 is 10.0 Å². The van der Waals surface area contributed by atoms with Gasteiger partial charge in [-0.2, -0.15) is 17.5 Å². The van der Waals surface area contributed by atoms with E-state index in [-0.39, 0.29) is 16.4 Å². The van der Waals surface area contributed by atoms with Crippen molar-refractivity contribution in [2.45, 2.75) is 17.6 Å². The van der Waals surface area contributed by atoms with E-state index < -0.39 is 39.3 Å². The van der Waals surface area contributed by atoms with Gasteiger partial charge in [0.15, 0.2) is 11.6 Å². The summed E-state index contributed by atoms with van der Waals surface area (Å²) in [4.78, 5) is -1.18. The van der Waals surface area contributed by atoms with E-state index in [2.05, 4.69) is 0 Å². The van der Waals surface area contributed by atoms with Gasteiger partial charge in [0.1, 0.15) is 11.4 Å². The van der Waals surface area contributed by atoms with Crippen LogP contribution in [0.4, 0.5) is 22.0 Å². The zero-order valence-electron chi connectivity index (χ0n) is 10.2. The lowest BCUT2D eigenvalue weighted by molar-refractivity contribution is -0.134. The van der Waals surface area contributed by atoms with E-state index in [4.69, 9.17) is 5.73 Å². The molecular weight excluding hydrogens is 307 g/mol. The lowest BCUT2D eigenvalue weighted by Gasteiger charge is -2.19. The molecule has 0 aliphatic heterocycles. The smallest absolute Gasteiger partial charge is 0.326 e. The van der Waals surface area contributed by atoms with E-state index >= 15 is 0 Å². The molecule has 0 saturated heterocycles. The second-order valence-corrected chi connectivity index (χ2v) is 5.98. The fraction of sp³-hybridized carbons (Fsp3) is 0.400. The molecule has 114 valence electrons. The summed E-state index contributed by atoms with van der Waals surface area (Å²) in [6.07, 6.45) is -4.80. The first-order chi connectivity index (χ1) is 8.99. The van der Waals surface area contributed by atoms with Crippen molar-refractivity contribution in [2.75, 3.05) is 13.6 Å². The Morgan fingerprint density at radius 1 is 1.25 bits per heavy atom. The fourth-order valence-electron chi connectivity index (χ4n) is 1.43. The maximum absolute atomic E-state index is 13.5. The molecule has 0 unspecified atom stereocenters. The SMILES string of the molecule is CN(CC(F)(F)F)S(=O)(=O)c1cc(CN)cc(F)c1F. The molecule has 0 radical (unpaired) electrons. The molecular formula is C10H11F5N2O2S. The molecule has 0 atom stereocenters. The first-order valence-corrected chi connectivity index (χ1v) is 6.64. The van der Waals surface area contributed by atoms with Gasteiger partial charge in [-0.25, -0.2) is 17.2 Å². The molecule has 20 heavy (non-hydrogen) atoms. The summed E-state index contributed by atoms with van der Waals surface area (Å²) in [5.41, 5.74) is 5.13. The van der Waals surface area contributed by atoms with Crippen LogP contribution in [0.3, 0.4) is 0 Å². The molecule has 0 aliphatic carbocycles. The summed E-state index contributed by atoms with van der Waals surface area (Å²) in [7, 11) is -4.19. The lowest BCUT2D eigenvalue weighted by atomic mass is 10.2. The van der Waals surface area contributed by atoms with E-state index in [1.165, 1.54) is 0 Å². The van der Waals surface area contributed by atoms with E-state index in [1.54, 1.807) is 0 Å². The van der Waals surface area contributed by atoms with Crippen LogP contribution in [-0.2, 0) is 16.6 Å².